The zero-order valence-electron chi connectivity index (χ0n) is 18.0. The maximum Gasteiger partial charge on any atom is 0.317 e. The van der Waals surface area contributed by atoms with Gasteiger partial charge in [-0.2, -0.15) is 0 Å². The fraction of sp³-hybridized carbons (Fsp3) is 0.125. The Labute approximate surface area is 198 Å². The van der Waals surface area contributed by atoms with Crippen LogP contribution in [-0.4, -0.2) is 27.5 Å². The van der Waals surface area contributed by atoms with E-state index in [0.29, 0.717) is 27.4 Å². The van der Waals surface area contributed by atoms with Crippen LogP contribution < -0.4 is 5.32 Å². The van der Waals surface area contributed by atoms with Crippen LogP contribution in [0.2, 0.25) is 0 Å². The largest absolute Gasteiger partial charge is 0.447 e. The van der Waals surface area contributed by atoms with Gasteiger partial charge in [0.05, 0.1) is 4.92 Å². The molecule has 0 spiro atoms. The van der Waals surface area contributed by atoms with Crippen LogP contribution in [0.15, 0.2) is 82.4 Å². The van der Waals surface area contributed by atoms with Crippen LogP contribution in [0, 0.1) is 17.0 Å². The van der Waals surface area contributed by atoms with Gasteiger partial charge in [-0.1, -0.05) is 60.3 Å². The minimum absolute atomic E-state index is 0.0124. The second-order valence-electron chi connectivity index (χ2n) is 7.28. The highest BCUT2D eigenvalue weighted by Crippen LogP contribution is 2.28. The summed E-state index contributed by atoms with van der Waals surface area (Å²) in [4.78, 5) is 40.8. The Bertz CT molecular complexity index is 1320. The van der Waals surface area contributed by atoms with E-state index in [2.05, 4.69) is 10.3 Å². The van der Waals surface area contributed by atoms with E-state index >= 15 is 0 Å². The Hall–Kier alpha value is -4.18. The first-order valence-corrected chi connectivity index (χ1v) is 11.2. The molecule has 1 unspecified atom stereocenters. The van der Waals surface area contributed by atoms with Crippen molar-refractivity contribution >= 4 is 46.1 Å². The summed E-state index contributed by atoms with van der Waals surface area (Å²) in [6.07, 6.45) is -1.31. The maximum atomic E-state index is 13.1. The Kier molecular flexibility index (Phi) is 6.88. The van der Waals surface area contributed by atoms with Gasteiger partial charge in [-0.05, 0) is 30.7 Å². The number of thioether (sulfide) groups is 1. The number of benzene rings is 3. The molecule has 1 heterocycles. The lowest BCUT2D eigenvalue weighted by atomic mass is 10.1. The average molecular weight is 477 g/mol. The predicted octanol–water partition coefficient (Wildman–Crippen LogP) is 5.06. The molecule has 4 rings (SSSR count). The van der Waals surface area contributed by atoms with Gasteiger partial charge in [-0.25, -0.2) is 4.98 Å². The van der Waals surface area contributed by atoms with Crippen LogP contribution in [0.1, 0.15) is 17.2 Å². The van der Waals surface area contributed by atoms with E-state index in [1.807, 2.05) is 12.1 Å². The van der Waals surface area contributed by atoms with Crippen molar-refractivity contribution in [2.75, 3.05) is 11.1 Å². The number of nitro benzene ring substituents is 1. The van der Waals surface area contributed by atoms with Gasteiger partial charge in [-0.15, -0.1) is 0 Å². The number of carbonyl (C=O) groups excluding carboxylic acids is 2. The predicted molar refractivity (Wildman–Crippen MR) is 126 cm³/mol. The second-order valence-corrected chi connectivity index (χ2v) is 8.21. The molecule has 0 bridgehead atoms. The molecule has 10 heteroatoms. The molecule has 0 aliphatic heterocycles. The fourth-order valence-corrected chi connectivity index (χ4v) is 3.82. The molecule has 0 fully saturated rings. The molecule has 0 radical (unpaired) electrons. The molecule has 172 valence electrons. The number of carbonyl (C=O) groups is 2. The molecule has 34 heavy (non-hydrogen) atoms. The number of rotatable bonds is 8. The quantitative estimate of drug-likeness (QED) is 0.162. The van der Waals surface area contributed by atoms with Crippen LogP contribution in [0.4, 0.5) is 11.4 Å². The molecule has 9 nitrogen and oxygen atoms in total. The average Bonchev–Trinajstić information content (AvgIpc) is 3.26. The number of fused-ring (bicyclic) bond motifs is 1. The summed E-state index contributed by atoms with van der Waals surface area (Å²) in [6.45, 7) is 1.71. The lowest BCUT2D eigenvalue weighted by molar-refractivity contribution is -0.384. The first-order chi connectivity index (χ1) is 16.4. The minimum atomic E-state index is -1.31. The number of nitrogens with zero attached hydrogens (tertiary/aromatic N) is 2. The van der Waals surface area contributed by atoms with Crippen LogP contribution in [0.3, 0.4) is 0 Å². The summed E-state index contributed by atoms with van der Waals surface area (Å²) >= 11 is 1.04. The highest BCUT2D eigenvalue weighted by atomic mass is 32.2. The van der Waals surface area contributed by atoms with Crippen LogP contribution >= 0.6 is 11.8 Å². The van der Waals surface area contributed by atoms with E-state index < -0.39 is 22.9 Å². The lowest BCUT2D eigenvalue weighted by Crippen LogP contribution is -2.26. The molecule has 4 aromatic rings. The number of aromatic nitrogens is 1. The highest BCUT2D eigenvalue weighted by Gasteiger charge is 2.27. The second kappa shape index (κ2) is 10.2. The first kappa shape index (κ1) is 23.0. The third kappa shape index (κ3) is 5.41. The summed E-state index contributed by atoms with van der Waals surface area (Å²) in [5.74, 6) is -1.53. The summed E-state index contributed by atoms with van der Waals surface area (Å²) in [5, 5.41) is 14.2. The summed E-state index contributed by atoms with van der Waals surface area (Å²) in [7, 11) is 0. The number of ether oxygens (including phenoxy) is 1. The smallest absolute Gasteiger partial charge is 0.317 e. The monoisotopic (exact) mass is 477 g/mol. The van der Waals surface area contributed by atoms with Crippen molar-refractivity contribution in [3.8, 4) is 0 Å². The molecular formula is C24H19N3O6S. The van der Waals surface area contributed by atoms with Crippen molar-refractivity contribution in [2.24, 2.45) is 0 Å². The summed E-state index contributed by atoms with van der Waals surface area (Å²) in [5.41, 5.74) is 2.12. The molecule has 1 aromatic heterocycles. The van der Waals surface area contributed by atoms with Gasteiger partial charge >= 0.3 is 5.97 Å². The Morgan fingerprint density at radius 3 is 2.59 bits per heavy atom. The molecule has 1 N–H and O–H groups in total. The van der Waals surface area contributed by atoms with E-state index in [0.717, 1.165) is 11.8 Å². The van der Waals surface area contributed by atoms with Gasteiger partial charge < -0.3 is 14.5 Å². The van der Waals surface area contributed by atoms with Gasteiger partial charge in [0.1, 0.15) is 17.0 Å². The molecular weight excluding hydrogens is 458 g/mol. The fourth-order valence-electron chi connectivity index (χ4n) is 3.20. The molecule has 1 atom stereocenters. The van der Waals surface area contributed by atoms with Gasteiger partial charge in [0.2, 0.25) is 6.10 Å². The van der Waals surface area contributed by atoms with Crippen molar-refractivity contribution in [1.29, 1.82) is 0 Å². The number of aryl methyl sites for hydroxylation is 1. The number of esters is 1. The van der Waals surface area contributed by atoms with E-state index in [1.165, 1.54) is 12.1 Å². The Morgan fingerprint density at radius 1 is 1.12 bits per heavy atom. The number of anilines is 1. The molecule has 3 aromatic carbocycles. The number of hydrogen-bond donors (Lipinski definition) is 1. The third-order valence-corrected chi connectivity index (χ3v) is 5.59. The van der Waals surface area contributed by atoms with E-state index in [4.69, 9.17) is 9.15 Å². The van der Waals surface area contributed by atoms with Gasteiger partial charge in [0, 0.05) is 11.6 Å². The molecule has 0 aliphatic rings. The van der Waals surface area contributed by atoms with Crippen LogP contribution in [0.25, 0.3) is 11.1 Å². The highest BCUT2D eigenvalue weighted by molar-refractivity contribution is 7.99. The lowest BCUT2D eigenvalue weighted by Gasteiger charge is -2.18. The van der Waals surface area contributed by atoms with Crippen molar-refractivity contribution in [3.05, 3.63) is 94.0 Å². The topological polar surface area (TPSA) is 125 Å². The number of hydrogen-bond acceptors (Lipinski definition) is 8. The molecule has 0 aliphatic carbocycles. The number of nitro groups is 1. The van der Waals surface area contributed by atoms with Crippen molar-refractivity contribution < 1.29 is 23.7 Å². The van der Waals surface area contributed by atoms with E-state index in [9.17, 15) is 19.7 Å². The normalized spacial score (nSPS) is 11.7. The summed E-state index contributed by atoms with van der Waals surface area (Å²) in [6, 6.07) is 20.1. The molecule has 1 amide bonds. The number of nitrogens with one attached hydrogen (secondary N) is 1. The number of para-hydroxylation sites is 2. The van der Waals surface area contributed by atoms with Crippen LogP contribution in [0.5, 0.6) is 0 Å². The molecule has 0 saturated heterocycles. The van der Waals surface area contributed by atoms with Gasteiger partial charge in [0.15, 0.2) is 5.58 Å². The SMILES string of the molecule is Cc1ccc(NC(=O)C(OC(=O)CSc2nc3ccccc3o2)c2ccccc2)c([N+](=O)[O-])c1. The third-order valence-electron chi connectivity index (χ3n) is 4.79. The minimum Gasteiger partial charge on any atom is -0.447 e. The van der Waals surface area contributed by atoms with Gasteiger partial charge in [0.25, 0.3) is 16.8 Å². The first-order valence-electron chi connectivity index (χ1n) is 10.2. The van der Waals surface area contributed by atoms with Crippen molar-refractivity contribution in [2.45, 2.75) is 18.3 Å². The van der Waals surface area contributed by atoms with Gasteiger partial charge in [-0.3, -0.25) is 19.7 Å². The summed E-state index contributed by atoms with van der Waals surface area (Å²) < 4.78 is 11.1. The molecule has 0 saturated carbocycles. The zero-order valence-corrected chi connectivity index (χ0v) is 18.8. The van der Waals surface area contributed by atoms with Crippen molar-refractivity contribution in [3.63, 3.8) is 0 Å². The Balaban J connectivity index is 1.49. The van der Waals surface area contributed by atoms with Crippen LogP contribution in [-0.2, 0) is 14.3 Å². The zero-order chi connectivity index (χ0) is 24.1. The Morgan fingerprint density at radius 2 is 1.85 bits per heavy atom. The van der Waals surface area contributed by atoms with E-state index in [1.54, 1.807) is 55.5 Å². The standard InChI is InChI=1S/C24H19N3O6S/c1-15-11-12-17(19(13-15)27(30)31)25-23(29)22(16-7-3-2-4-8-16)33-21(28)14-34-24-26-18-9-5-6-10-20(18)32-24/h2-13,22H,14H2,1H3,(H,25,29). The van der Waals surface area contributed by atoms with Crippen molar-refractivity contribution in [1.82, 2.24) is 4.98 Å². The van der Waals surface area contributed by atoms with E-state index in [-0.39, 0.29) is 17.1 Å². The number of oxazole rings is 1. The maximum absolute atomic E-state index is 13.1. The number of amides is 1.